The highest BCUT2D eigenvalue weighted by molar-refractivity contribution is 6.18. The van der Waals surface area contributed by atoms with Crippen LogP contribution in [0.2, 0.25) is 0 Å². The summed E-state index contributed by atoms with van der Waals surface area (Å²) in [7, 11) is 0. The Morgan fingerprint density at radius 1 is 0.862 bits per heavy atom. The predicted molar refractivity (Wildman–Crippen MR) is 112 cm³/mol. The van der Waals surface area contributed by atoms with E-state index in [1.165, 1.54) is 6.92 Å². The number of Topliss-reactive ketones (excluding diaryl/α,β-unsaturated/α-hetero) is 2. The number of benzene rings is 3. The van der Waals surface area contributed by atoms with Gasteiger partial charge in [-0.25, -0.2) is 0 Å². The molecule has 1 amide bonds. The minimum absolute atomic E-state index is 0.0493. The fraction of sp³-hybridized carbons (Fsp3) is 0.160. The third-order valence-corrected chi connectivity index (χ3v) is 5.43. The van der Waals surface area contributed by atoms with Crippen LogP contribution in [0.4, 0.5) is 5.69 Å². The van der Waals surface area contributed by atoms with Crippen molar-refractivity contribution in [2.24, 2.45) is 0 Å². The van der Waals surface area contributed by atoms with Gasteiger partial charge in [0.15, 0.2) is 11.6 Å². The van der Waals surface area contributed by atoms with Crippen LogP contribution in [0.25, 0.3) is 0 Å². The van der Waals surface area contributed by atoms with E-state index in [2.05, 4.69) is 0 Å². The van der Waals surface area contributed by atoms with Gasteiger partial charge in [-0.2, -0.15) is 0 Å². The lowest BCUT2D eigenvalue weighted by Gasteiger charge is -2.30. The van der Waals surface area contributed by atoms with Crippen LogP contribution in [0.3, 0.4) is 0 Å². The molecular formula is C25H21NO3. The van der Waals surface area contributed by atoms with Crippen LogP contribution in [0, 0.1) is 0 Å². The molecule has 4 heteroatoms. The van der Waals surface area contributed by atoms with Crippen LogP contribution in [0.15, 0.2) is 84.9 Å². The summed E-state index contributed by atoms with van der Waals surface area (Å²) in [4.78, 5) is 40.5. The Balaban J connectivity index is 1.78. The maximum Gasteiger partial charge on any atom is 0.224 e. The molecule has 0 fully saturated rings. The second-order valence-electron chi connectivity index (χ2n) is 7.23. The highest BCUT2D eigenvalue weighted by atomic mass is 16.2. The maximum absolute atomic E-state index is 13.3. The van der Waals surface area contributed by atoms with Gasteiger partial charge < -0.3 is 4.90 Å². The molecule has 1 aliphatic heterocycles. The molecular weight excluding hydrogens is 362 g/mol. The first kappa shape index (κ1) is 18.8. The smallest absolute Gasteiger partial charge is 0.224 e. The summed E-state index contributed by atoms with van der Waals surface area (Å²) < 4.78 is 0. The number of hydrogen-bond acceptors (Lipinski definition) is 3. The average Bonchev–Trinajstić information content (AvgIpc) is 3.06. The van der Waals surface area contributed by atoms with Crippen molar-refractivity contribution in [1.82, 2.24) is 0 Å². The number of ketones is 2. The minimum Gasteiger partial charge on any atom is -0.300 e. The summed E-state index contributed by atoms with van der Waals surface area (Å²) in [5.74, 6) is -0.814. The first-order chi connectivity index (χ1) is 14.1. The van der Waals surface area contributed by atoms with Crippen molar-refractivity contribution < 1.29 is 14.4 Å². The van der Waals surface area contributed by atoms with Crippen LogP contribution < -0.4 is 4.90 Å². The van der Waals surface area contributed by atoms with Gasteiger partial charge in [0.05, 0.1) is 5.69 Å². The van der Waals surface area contributed by atoms with Gasteiger partial charge in [0.25, 0.3) is 0 Å². The van der Waals surface area contributed by atoms with Crippen molar-refractivity contribution in [1.29, 1.82) is 0 Å². The Labute approximate surface area is 169 Å². The number of carbonyl (C=O) groups excluding carboxylic acids is 3. The lowest BCUT2D eigenvalue weighted by Crippen LogP contribution is -2.43. The molecule has 0 aromatic heterocycles. The van der Waals surface area contributed by atoms with E-state index in [1.807, 2.05) is 54.6 Å². The number of fused-ring (bicyclic) bond motifs is 1. The summed E-state index contributed by atoms with van der Waals surface area (Å²) in [6.45, 7) is 1.46. The Morgan fingerprint density at radius 2 is 1.45 bits per heavy atom. The Bertz CT molecular complexity index is 1060. The molecule has 0 bridgehead atoms. The molecule has 0 radical (unpaired) electrons. The lowest BCUT2D eigenvalue weighted by atomic mass is 9.83. The number of carbonyl (C=O) groups is 3. The van der Waals surface area contributed by atoms with E-state index >= 15 is 0 Å². The fourth-order valence-corrected chi connectivity index (χ4v) is 4.10. The molecule has 144 valence electrons. The minimum atomic E-state index is -0.736. The highest BCUT2D eigenvalue weighted by Gasteiger charge is 2.44. The predicted octanol–water partition coefficient (Wildman–Crippen LogP) is 4.66. The van der Waals surface area contributed by atoms with Crippen molar-refractivity contribution in [3.63, 3.8) is 0 Å². The number of anilines is 1. The topological polar surface area (TPSA) is 54.5 Å². The molecule has 0 spiro atoms. The zero-order valence-corrected chi connectivity index (χ0v) is 16.1. The fourth-order valence-electron chi connectivity index (χ4n) is 4.10. The van der Waals surface area contributed by atoms with Crippen molar-refractivity contribution in [3.05, 3.63) is 102 Å². The highest BCUT2D eigenvalue weighted by Crippen LogP contribution is 2.40. The Hall–Kier alpha value is -3.53. The van der Waals surface area contributed by atoms with Gasteiger partial charge in [0.1, 0.15) is 6.04 Å². The molecule has 3 aromatic carbocycles. The van der Waals surface area contributed by atoms with E-state index in [-0.39, 0.29) is 23.9 Å². The molecule has 0 saturated carbocycles. The Morgan fingerprint density at radius 3 is 2.10 bits per heavy atom. The summed E-state index contributed by atoms with van der Waals surface area (Å²) in [6, 6.07) is 25.0. The van der Waals surface area contributed by atoms with Crippen molar-refractivity contribution in [2.75, 3.05) is 4.90 Å². The second kappa shape index (κ2) is 7.84. The molecule has 4 nitrogen and oxygen atoms in total. The number of hydrogen-bond donors (Lipinski definition) is 0. The summed E-state index contributed by atoms with van der Waals surface area (Å²) in [5.41, 5.74) is 2.61. The van der Waals surface area contributed by atoms with Gasteiger partial charge in [-0.3, -0.25) is 14.4 Å². The normalized spacial score (nSPS) is 16.4. The van der Waals surface area contributed by atoms with Gasteiger partial charge in [0.2, 0.25) is 5.91 Å². The number of amides is 1. The standard InChI is InChI=1S/C25H21NO3/c1-17(27)26-22-15-9-8-14-20(22)25(29)24(26)21(18-10-4-2-5-11-18)16-23(28)19-12-6-3-7-13-19/h2-15,21,24H,16H2,1H3. The molecule has 3 aromatic rings. The van der Waals surface area contributed by atoms with Gasteiger partial charge >= 0.3 is 0 Å². The zero-order chi connectivity index (χ0) is 20.4. The van der Waals surface area contributed by atoms with E-state index in [4.69, 9.17) is 0 Å². The van der Waals surface area contributed by atoms with Gasteiger partial charge in [-0.15, -0.1) is 0 Å². The summed E-state index contributed by atoms with van der Waals surface area (Å²) in [5, 5.41) is 0. The quantitative estimate of drug-likeness (QED) is 0.602. The maximum atomic E-state index is 13.3. The summed E-state index contributed by atoms with van der Waals surface area (Å²) >= 11 is 0. The van der Waals surface area contributed by atoms with E-state index in [1.54, 1.807) is 35.2 Å². The molecule has 1 heterocycles. The molecule has 0 N–H and O–H groups in total. The van der Waals surface area contributed by atoms with Gasteiger partial charge in [-0.05, 0) is 17.7 Å². The SMILES string of the molecule is CC(=O)N1c2ccccc2C(=O)C1C(CC(=O)c1ccccc1)c1ccccc1. The number of para-hydroxylation sites is 1. The van der Waals surface area contributed by atoms with Crippen molar-refractivity contribution in [3.8, 4) is 0 Å². The number of nitrogens with zero attached hydrogens (tertiary/aromatic N) is 1. The molecule has 29 heavy (non-hydrogen) atoms. The molecule has 0 aliphatic carbocycles. The summed E-state index contributed by atoms with van der Waals surface area (Å²) in [6.07, 6.45) is 0.141. The third kappa shape index (κ3) is 3.49. The molecule has 2 atom stereocenters. The van der Waals surface area contributed by atoms with E-state index in [9.17, 15) is 14.4 Å². The Kier molecular flexibility index (Phi) is 5.09. The molecule has 4 rings (SSSR count). The van der Waals surface area contributed by atoms with Gasteiger partial charge in [0, 0.05) is 30.4 Å². The van der Waals surface area contributed by atoms with E-state index < -0.39 is 12.0 Å². The largest absolute Gasteiger partial charge is 0.300 e. The first-order valence-corrected chi connectivity index (χ1v) is 9.64. The number of rotatable bonds is 5. The molecule has 0 saturated heterocycles. The van der Waals surface area contributed by atoms with Crippen LogP contribution >= 0.6 is 0 Å². The monoisotopic (exact) mass is 383 g/mol. The molecule has 1 aliphatic rings. The average molecular weight is 383 g/mol. The second-order valence-corrected chi connectivity index (χ2v) is 7.23. The van der Waals surface area contributed by atoms with Crippen LogP contribution in [0.1, 0.15) is 45.5 Å². The van der Waals surface area contributed by atoms with Crippen LogP contribution in [-0.2, 0) is 4.79 Å². The third-order valence-electron chi connectivity index (χ3n) is 5.43. The first-order valence-electron chi connectivity index (χ1n) is 9.64. The van der Waals surface area contributed by atoms with Crippen LogP contribution in [-0.4, -0.2) is 23.5 Å². The lowest BCUT2D eigenvalue weighted by molar-refractivity contribution is -0.116. The van der Waals surface area contributed by atoms with E-state index in [0.29, 0.717) is 16.8 Å². The van der Waals surface area contributed by atoms with E-state index in [0.717, 1.165) is 5.56 Å². The van der Waals surface area contributed by atoms with Gasteiger partial charge in [-0.1, -0.05) is 72.8 Å². The zero-order valence-electron chi connectivity index (χ0n) is 16.1. The van der Waals surface area contributed by atoms with Crippen molar-refractivity contribution in [2.45, 2.75) is 25.3 Å². The molecule has 2 unspecified atom stereocenters. The van der Waals surface area contributed by atoms with Crippen molar-refractivity contribution >= 4 is 23.2 Å². The van der Waals surface area contributed by atoms with Crippen LogP contribution in [0.5, 0.6) is 0 Å².